The zero-order chi connectivity index (χ0) is 18.7. The molecule has 1 fully saturated rings. The van der Waals surface area contributed by atoms with Gasteiger partial charge in [-0.05, 0) is 36.4 Å². The monoisotopic (exact) mass is 404 g/mol. The number of ketones is 1. The third kappa shape index (κ3) is 10.3. The van der Waals surface area contributed by atoms with Crippen LogP contribution >= 0.6 is 11.8 Å². The van der Waals surface area contributed by atoms with E-state index in [2.05, 4.69) is 6.92 Å². The van der Waals surface area contributed by atoms with Crippen molar-refractivity contribution < 1.29 is 17.8 Å². The number of thioether (sulfide) groups is 1. The number of carbonyl (C=O) groups is 1. The molecule has 0 unspecified atom stereocenters. The SMILES string of the molecule is CCCCCC(=O)C[S+]1CCSCC1.Cc1ccc(S(=O)(=O)[O-])cc1. The molecule has 0 aliphatic carbocycles. The van der Waals surface area contributed by atoms with Crippen molar-refractivity contribution in [3.05, 3.63) is 29.8 Å². The first kappa shape index (κ1) is 22.5. The first-order valence-corrected chi connectivity index (χ1v) is 12.9. The van der Waals surface area contributed by atoms with Gasteiger partial charge in [-0.2, -0.15) is 11.8 Å². The molecular weight excluding hydrogens is 376 g/mol. The zero-order valence-corrected chi connectivity index (χ0v) is 17.5. The number of hydrogen-bond acceptors (Lipinski definition) is 5. The van der Waals surface area contributed by atoms with Crippen molar-refractivity contribution in [1.29, 1.82) is 0 Å². The summed E-state index contributed by atoms with van der Waals surface area (Å²) in [5.41, 5.74) is 0.928. The third-order valence-electron chi connectivity index (χ3n) is 3.77. The average Bonchev–Trinajstić information content (AvgIpc) is 2.56. The third-order valence-corrected chi connectivity index (χ3v) is 8.41. The summed E-state index contributed by atoms with van der Waals surface area (Å²) in [6.45, 7) is 4.01. The first-order chi connectivity index (χ1) is 11.8. The second kappa shape index (κ2) is 12.0. The highest BCUT2D eigenvalue weighted by molar-refractivity contribution is 8.05. The van der Waals surface area contributed by atoms with E-state index in [1.807, 2.05) is 18.7 Å². The molecule has 0 radical (unpaired) electrons. The molecule has 0 aromatic heterocycles. The molecule has 0 saturated carbocycles. The Balaban J connectivity index is 0.000000257. The predicted octanol–water partition coefficient (Wildman–Crippen LogP) is 3.40. The molecule has 1 saturated heterocycles. The lowest BCUT2D eigenvalue weighted by atomic mass is 10.2. The van der Waals surface area contributed by atoms with Crippen molar-refractivity contribution in [3.8, 4) is 0 Å². The summed E-state index contributed by atoms with van der Waals surface area (Å²) < 4.78 is 31.2. The number of carbonyl (C=O) groups excluding carboxylic acids is 1. The number of benzene rings is 1. The van der Waals surface area contributed by atoms with Crippen LogP contribution in [0.2, 0.25) is 0 Å². The molecule has 0 atom stereocenters. The minimum Gasteiger partial charge on any atom is -0.744 e. The largest absolute Gasteiger partial charge is 0.744 e. The van der Waals surface area contributed by atoms with Crippen LogP contribution in [-0.4, -0.2) is 47.5 Å². The molecule has 1 aromatic rings. The van der Waals surface area contributed by atoms with Gasteiger partial charge in [0.05, 0.1) is 4.90 Å². The second-order valence-corrected chi connectivity index (χ2v) is 11.0. The Kier molecular flexibility index (Phi) is 10.8. The Morgan fingerprint density at radius 3 is 2.28 bits per heavy atom. The second-order valence-electron chi connectivity index (χ2n) is 6.04. The Morgan fingerprint density at radius 2 is 1.76 bits per heavy atom. The van der Waals surface area contributed by atoms with Gasteiger partial charge in [0.1, 0.15) is 21.6 Å². The Morgan fingerprint density at radius 1 is 1.16 bits per heavy atom. The number of hydrogen-bond donors (Lipinski definition) is 0. The van der Waals surface area contributed by atoms with E-state index < -0.39 is 10.1 Å². The molecule has 1 aliphatic heterocycles. The van der Waals surface area contributed by atoms with Crippen LogP contribution in [0, 0.1) is 6.92 Å². The fourth-order valence-electron chi connectivity index (χ4n) is 2.28. The van der Waals surface area contributed by atoms with Crippen LogP contribution in [0.3, 0.4) is 0 Å². The van der Waals surface area contributed by atoms with Gasteiger partial charge in [0.15, 0.2) is 11.5 Å². The lowest BCUT2D eigenvalue weighted by Gasteiger charge is -2.12. The van der Waals surface area contributed by atoms with Crippen LogP contribution in [0.4, 0.5) is 0 Å². The van der Waals surface area contributed by atoms with Crippen LogP contribution in [0.5, 0.6) is 0 Å². The van der Waals surface area contributed by atoms with Crippen molar-refractivity contribution in [3.63, 3.8) is 0 Å². The van der Waals surface area contributed by atoms with Crippen LogP contribution in [0.15, 0.2) is 29.2 Å². The van der Waals surface area contributed by atoms with Gasteiger partial charge < -0.3 is 4.55 Å². The Labute approximate surface area is 159 Å². The molecule has 0 bridgehead atoms. The van der Waals surface area contributed by atoms with Crippen molar-refractivity contribution in [2.75, 3.05) is 28.8 Å². The van der Waals surface area contributed by atoms with Crippen LogP contribution in [0.1, 0.15) is 38.2 Å². The standard InChI is InChI=1S/C11H21OS2.C7H8O3S/c1-2-3-4-5-11(12)10-14-8-6-13-7-9-14;1-6-2-4-7(5-3-6)11(8,9)10/h2-10H2,1H3;2-5H,1H3,(H,8,9,10)/q+1;/p-1. The maximum atomic E-state index is 11.6. The van der Waals surface area contributed by atoms with E-state index in [-0.39, 0.29) is 4.90 Å². The van der Waals surface area contributed by atoms with Crippen LogP contribution in [-0.2, 0) is 25.8 Å². The van der Waals surface area contributed by atoms with Gasteiger partial charge in [-0.3, -0.25) is 4.79 Å². The van der Waals surface area contributed by atoms with Gasteiger partial charge in [-0.25, -0.2) is 8.42 Å². The molecule has 25 heavy (non-hydrogen) atoms. The summed E-state index contributed by atoms with van der Waals surface area (Å²) in [5.74, 6) is 6.57. The normalized spacial score (nSPS) is 15.3. The highest BCUT2D eigenvalue weighted by Crippen LogP contribution is 2.14. The highest BCUT2D eigenvalue weighted by atomic mass is 32.2. The summed E-state index contributed by atoms with van der Waals surface area (Å²) in [6.07, 6.45) is 4.39. The summed E-state index contributed by atoms with van der Waals surface area (Å²) in [6, 6.07) is 5.78. The fraction of sp³-hybridized carbons (Fsp3) is 0.611. The van der Waals surface area contributed by atoms with E-state index in [9.17, 15) is 17.8 Å². The van der Waals surface area contributed by atoms with E-state index in [1.165, 1.54) is 48.0 Å². The van der Waals surface area contributed by atoms with Gasteiger partial charge in [0.25, 0.3) is 0 Å². The molecule has 7 heteroatoms. The van der Waals surface area contributed by atoms with E-state index >= 15 is 0 Å². The average molecular weight is 405 g/mol. The van der Waals surface area contributed by atoms with Gasteiger partial charge >= 0.3 is 0 Å². The van der Waals surface area contributed by atoms with E-state index in [1.54, 1.807) is 12.1 Å². The molecule has 1 aromatic carbocycles. The van der Waals surface area contributed by atoms with Crippen molar-refractivity contribution in [2.45, 2.75) is 44.4 Å². The molecule has 2 rings (SSSR count). The molecule has 0 spiro atoms. The zero-order valence-electron chi connectivity index (χ0n) is 15.0. The van der Waals surface area contributed by atoms with E-state index in [0.717, 1.165) is 24.2 Å². The maximum absolute atomic E-state index is 11.6. The first-order valence-electron chi connectivity index (χ1n) is 8.59. The Hall–Kier alpha value is -0.500. The van der Waals surface area contributed by atoms with Crippen LogP contribution < -0.4 is 0 Å². The van der Waals surface area contributed by atoms with E-state index in [4.69, 9.17) is 0 Å². The topological polar surface area (TPSA) is 74.3 Å². The molecule has 0 amide bonds. The summed E-state index contributed by atoms with van der Waals surface area (Å²) in [7, 11) is -3.82. The number of Topliss-reactive ketones (excluding diaryl/α,β-unsaturated/α-hetero) is 1. The van der Waals surface area contributed by atoms with Crippen molar-refractivity contribution >= 4 is 38.6 Å². The number of unbranched alkanes of at least 4 members (excludes halogenated alkanes) is 2. The van der Waals surface area contributed by atoms with E-state index in [0.29, 0.717) is 16.7 Å². The molecule has 1 aliphatic rings. The Bertz CT molecular complexity index is 606. The molecule has 4 nitrogen and oxygen atoms in total. The van der Waals surface area contributed by atoms with Crippen LogP contribution in [0.25, 0.3) is 0 Å². The smallest absolute Gasteiger partial charge is 0.181 e. The van der Waals surface area contributed by atoms with Gasteiger partial charge in [-0.1, -0.05) is 37.5 Å². The maximum Gasteiger partial charge on any atom is 0.181 e. The predicted molar refractivity (Wildman–Crippen MR) is 108 cm³/mol. The molecular formula is C18H28O4S3. The van der Waals surface area contributed by atoms with Gasteiger partial charge in [0.2, 0.25) is 0 Å². The quantitative estimate of drug-likeness (QED) is 0.395. The molecule has 1 heterocycles. The fourth-order valence-corrected chi connectivity index (χ4v) is 6.87. The summed E-state index contributed by atoms with van der Waals surface area (Å²) in [5, 5.41) is 0. The number of rotatable bonds is 7. The van der Waals surface area contributed by atoms with Gasteiger partial charge in [0, 0.05) is 17.9 Å². The molecule has 142 valence electrons. The summed E-state index contributed by atoms with van der Waals surface area (Å²) >= 11 is 2.04. The van der Waals surface area contributed by atoms with Crippen molar-refractivity contribution in [1.82, 2.24) is 0 Å². The minimum absolute atomic E-state index is 0.178. The number of aryl methyl sites for hydroxylation is 1. The minimum atomic E-state index is -4.27. The summed E-state index contributed by atoms with van der Waals surface area (Å²) in [4.78, 5) is 11.4. The van der Waals surface area contributed by atoms with Gasteiger partial charge in [-0.15, -0.1) is 0 Å². The van der Waals surface area contributed by atoms with Crippen molar-refractivity contribution in [2.24, 2.45) is 0 Å². The molecule has 0 N–H and O–H groups in total. The lowest BCUT2D eigenvalue weighted by molar-refractivity contribution is -0.116. The lowest BCUT2D eigenvalue weighted by Crippen LogP contribution is -2.27. The highest BCUT2D eigenvalue weighted by Gasteiger charge is 2.24.